The number of piperidine rings is 1. The van der Waals surface area contributed by atoms with Gasteiger partial charge in [0.2, 0.25) is 5.91 Å². The second-order valence-electron chi connectivity index (χ2n) is 10.6. The summed E-state index contributed by atoms with van der Waals surface area (Å²) in [5.41, 5.74) is 0.200. The molecule has 31 heavy (non-hydrogen) atoms. The summed E-state index contributed by atoms with van der Waals surface area (Å²) in [5, 5.41) is 9.39. The zero-order chi connectivity index (χ0) is 23.0. The predicted molar refractivity (Wildman–Crippen MR) is 122 cm³/mol. The van der Waals surface area contributed by atoms with Crippen molar-refractivity contribution in [2.24, 2.45) is 5.10 Å². The van der Waals surface area contributed by atoms with Crippen LogP contribution in [0.4, 0.5) is 0 Å². The lowest BCUT2D eigenvalue weighted by molar-refractivity contribution is -0.134. The van der Waals surface area contributed by atoms with Gasteiger partial charge in [-0.3, -0.25) is 9.59 Å². The van der Waals surface area contributed by atoms with E-state index in [9.17, 15) is 18.0 Å². The van der Waals surface area contributed by atoms with Crippen LogP contribution in [0.25, 0.3) is 0 Å². The summed E-state index contributed by atoms with van der Waals surface area (Å²) >= 11 is 0. The topological polar surface area (TPSA) is 99.2 Å². The highest BCUT2D eigenvalue weighted by Crippen LogP contribution is 2.32. The van der Waals surface area contributed by atoms with Crippen molar-refractivity contribution in [3.8, 4) is 0 Å². The molecular weight excluding hydrogens is 416 g/mol. The normalized spacial score (nSPS) is 27.8. The molecule has 0 aromatic heterocycles. The molecular formula is C22H38N4O4S. The quantitative estimate of drug-likeness (QED) is 0.663. The van der Waals surface area contributed by atoms with Crippen LogP contribution in [0.5, 0.6) is 0 Å². The Morgan fingerprint density at radius 1 is 1.19 bits per heavy atom. The number of hydrogen-bond acceptors (Lipinski definition) is 6. The van der Waals surface area contributed by atoms with E-state index in [0.29, 0.717) is 25.1 Å². The third kappa shape index (κ3) is 5.86. The molecule has 0 saturated carbocycles. The van der Waals surface area contributed by atoms with Crippen LogP contribution in [0.1, 0.15) is 79.6 Å². The molecule has 2 fully saturated rings. The molecule has 3 aliphatic heterocycles. The van der Waals surface area contributed by atoms with Crippen LogP contribution < -0.4 is 5.32 Å². The van der Waals surface area contributed by atoms with Crippen LogP contribution >= 0.6 is 0 Å². The standard InChI is InChI=1S/C22H38N4O4S/c1-6-7-11-25(17-13-21(2,3)24-22(4,5)14-17)20(28)18-8-9-19(27)26(23-18)16-10-12-31(29,30)15-16/h16-17,24H,6-15H2,1-5H3. The first-order valence-corrected chi connectivity index (χ1v) is 13.3. The van der Waals surface area contributed by atoms with Crippen LogP contribution in [-0.4, -0.2) is 77.1 Å². The Labute approximate surface area is 186 Å². The molecule has 8 nitrogen and oxygen atoms in total. The first-order chi connectivity index (χ1) is 14.3. The summed E-state index contributed by atoms with van der Waals surface area (Å²) in [5.74, 6) is -0.296. The highest BCUT2D eigenvalue weighted by atomic mass is 32.2. The number of nitrogens with one attached hydrogen (secondary N) is 1. The lowest BCUT2D eigenvalue weighted by atomic mass is 9.78. The van der Waals surface area contributed by atoms with E-state index in [2.05, 4.69) is 45.0 Å². The van der Waals surface area contributed by atoms with Gasteiger partial charge in [-0.1, -0.05) is 13.3 Å². The lowest BCUT2D eigenvalue weighted by Crippen LogP contribution is -2.63. The van der Waals surface area contributed by atoms with Crippen LogP contribution in [0.3, 0.4) is 0 Å². The van der Waals surface area contributed by atoms with Crippen LogP contribution in [0.15, 0.2) is 5.10 Å². The number of hydrazone groups is 1. The van der Waals surface area contributed by atoms with Gasteiger partial charge in [-0.2, -0.15) is 5.10 Å². The molecule has 9 heteroatoms. The van der Waals surface area contributed by atoms with Gasteiger partial charge >= 0.3 is 0 Å². The Balaban J connectivity index is 1.85. The van der Waals surface area contributed by atoms with Gasteiger partial charge in [-0.15, -0.1) is 0 Å². The molecule has 1 unspecified atom stereocenters. The van der Waals surface area contributed by atoms with Crippen LogP contribution in [0, 0.1) is 0 Å². The molecule has 0 aliphatic carbocycles. The summed E-state index contributed by atoms with van der Waals surface area (Å²) in [4.78, 5) is 28.1. The van der Waals surface area contributed by atoms with Crippen molar-refractivity contribution in [3.05, 3.63) is 0 Å². The van der Waals surface area contributed by atoms with Crippen LogP contribution in [-0.2, 0) is 19.4 Å². The summed E-state index contributed by atoms with van der Waals surface area (Å²) in [6.45, 7) is 11.4. The lowest BCUT2D eigenvalue weighted by Gasteiger charge is -2.49. The first kappa shape index (κ1) is 24.2. The number of amides is 2. The second kappa shape index (κ2) is 8.81. The molecule has 0 radical (unpaired) electrons. The second-order valence-corrected chi connectivity index (χ2v) is 12.9. The van der Waals surface area contributed by atoms with Gasteiger partial charge in [0.1, 0.15) is 5.71 Å². The minimum Gasteiger partial charge on any atom is -0.334 e. The molecule has 0 bridgehead atoms. The number of unbranched alkanes of at least 4 members (excludes halogenated alkanes) is 1. The largest absolute Gasteiger partial charge is 0.334 e. The number of rotatable bonds is 6. The summed E-state index contributed by atoms with van der Waals surface area (Å²) in [6, 6.07) is -0.368. The van der Waals surface area contributed by atoms with Gasteiger partial charge in [0.05, 0.1) is 17.5 Å². The molecule has 0 aromatic rings. The summed E-state index contributed by atoms with van der Waals surface area (Å²) < 4.78 is 23.8. The van der Waals surface area contributed by atoms with Gasteiger partial charge in [0, 0.05) is 36.5 Å². The zero-order valence-corrected chi connectivity index (χ0v) is 20.4. The molecule has 0 aromatic carbocycles. The molecule has 0 spiro atoms. The Morgan fingerprint density at radius 2 is 1.84 bits per heavy atom. The van der Waals surface area contributed by atoms with Crippen molar-refractivity contribution in [2.75, 3.05) is 18.1 Å². The fourth-order valence-corrected chi connectivity index (χ4v) is 7.10. The van der Waals surface area contributed by atoms with Crippen molar-refractivity contribution in [2.45, 2.75) is 103 Å². The van der Waals surface area contributed by atoms with Crippen LogP contribution in [0.2, 0.25) is 0 Å². The first-order valence-electron chi connectivity index (χ1n) is 11.5. The summed E-state index contributed by atoms with van der Waals surface area (Å²) in [6.07, 6.45) is 4.49. The Bertz CT molecular complexity index is 834. The van der Waals surface area contributed by atoms with Gasteiger partial charge in [-0.25, -0.2) is 13.4 Å². The Morgan fingerprint density at radius 3 is 2.39 bits per heavy atom. The van der Waals surface area contributed by atoms with E-state index >= 15 is 0 Å². The molecule has 3 aliphatic rings. The average Bonchev–Trinajstić information content (AvgIpc) is 2.99. The Kier molecular flexibility index (Phi) is 6.87. The fourth-order valence-electron chi connectivity index (χ4n) is 5.41. The average molecular weight is 455 g/mol. The summed E-state index contributed by atoms with van der Waals surface area (Å²) in [7, 11) is -3.14. The van der Waals surface area contributed by atoms with E-state index in [1.165, 1.54) is 5.01 Å². The SMILES string of the molecule is CCCCN(C(=O)C1=NN(C2CCS(=O)(=O)C2)C(=O)CC1)C1CC(C)(C)NC(C)(C)C1. The van der Waals surface area contributed by atoms with Crippen molar-refractivity contribution >= 4 is 27.4 Å². The predicted octanol–water partition coefficient (Wildman–Crippen LogP) is 2.09. The highest BCUT2D eigenvalue weighted by molar-refractivity contribution is 7.91. The Hall–Kier alpha value is -1.48. The third-order valence-electron chi connectivity index (χ3n) is 6.48. The molecule has 2 amide bonds. The highest BCUT2D eigenvalue weighted by Gasteiger charge is 2.43. The van der Waals surface area contributed by atoms with Gasteiger partial charge in [-0.05, 0) is 53.4 Å². The molecule has 176 valence electrons. The number of carbonyl (C=O) groups is 2. The monoisotopic (exact) mass is 454 g/mol. The van der Waals surface area contributed by atoms with Crippen molar-refractivity contribution in [1.82, 2.24) is 15.2 Å². The fraction of sp³-hybridized carbons (Fsp3) is 0.864. The van der Waals surface area contributed by atoms with E-state index in [-0.39, 0.29) is 46.9 Å². The zero-order valence-electron chi connectivity index (χ0n) is 19.6. The van der Waals surface area contributed by atoms with E-state index in [4.69, 9.17) is 0 Å². The van der Waals surface area contributed by atoms with Gasteiger partial charge in [0.15, 0.2) is 9.84 Å². The van der Waals surface area contributed by atoms with E-state index in [0.717, 1.165) is 25.7 Å². The molecule has 1 N–H and O–H groups in total. The number of nitrogens with zero attached hydrogens (tertiary/aromatic N) is 3. The number of carbonyl (C=O) groups excluding carboxylic acids is 2. The maximum atomic E-state index is 13.6. The van der Waals surface area contributed by atoms with E-state index < -0.39 is 15.9 Å². The van der Waals surface area contributed by atoms with Crippen molar-refractivity contribution < 1.29 is 18.0 Å². The number of sulfone groups is 1. The molecule has 3 heterocycles. The van der Waals surface area contributed by atoms with Gasteiger partial charge in [0.25, 0.3) is 5.91 Å². The van der Waals surface area contributed by atoms with E-state index in [1.807, 2.05) is 4.90 Å². The minimum atomic E-state index is -3.14. The van der Waals surface area contributed by atoms with Crippen molar-refractivity contribution in [1.29, 1.82) is 0 Å². The van der Waals surface area contributed by atoms with Gasteiger partial charge < -0.3 is 10.2 Å². The minimum absolute atomic E-state index is 0.0695. The molecule has 1 atom stereocenters. The molecule has 3 rings (SSSR count). The van der Waals surface area contributed by atoms with Crippen molar-refractivity contribution in [3.63, 3.8) is 0 Å². The molecule has 2 saturated heterocycles. The smallest absolute Gasteiger partial charge is 0.270 e. The maximum Gasteiger partial charge on any atom is 0.270 e. The van der Waals surface area contributed by atoms with E-state index in [1.54, 1.807) is 0 Å². The number of hydrogen-bond donors (Lipinski definition) is 1. The third-order valence-corrected chi connectivity index (χ3v) is 8.23. The maximum absolute atomic E-state index is 13.6.